The summed E-state index contributed by atoms with van der Waals surface area (Å²) in [5, 5.41) is 7.93. The molecule has 1 aromatic carbocycles. The Morgan fingerprint density at radius 2 is 2.10 bits per heavy atom. The molecule has 110 valence electrons. The maximum atomic E-state index is 12.6. The minimum Gasteiger partial charge on any atom is -0.323 e. The zero-order chi connectivity index (χ0) is 14.8. The van der Waals surface area contributed by atoms with E-state index in [-0.39, 0.29) is 12.1 Å². The highest BCUT2D eigenvalue weighted by Gasteiger charge is 2.24. The molecule has 21 heavy (non-hydrogen) atoms. The van der Waals surface area contributed by atoms with E-state index in [9.17, 15) is 9.59 Å². The van der Waals surface area contributed by atoms with E-state index in [1.54, 1.807) is 23.1 Å². The van der Waals surface area contributed by atoms with Crippen molar-refractivity contribution >= 4 is 23.4 Å². The number of amides is 1. The molecule has 1 aliphatic rings. The normalized spacial score (nSPS) is 16.0. The minimum atomic E-state index is -0.164. The van der Waals surface area contributed by atoms with E-state index < -0.39 is 0 Å². The third-order valence-corrected chi connectivity index (χ3v) is 4.21. The lowest BCUT2D eigenvalue weighted by atomic mass is 9.95. The first-order valence-electron chi connectivity index (χ1n) is 7.28. The molecular weight excluding hydrogens is 268 g/mol. The third-order valence-electron chi connectivity index (χ3n) is 4.21. The summed E-state index contributed by atoms with van der Waals surface area (Å²) in [4.78, 5) is 25.1. The summed E-state index contributed by atoms with van der Waals surface area (Å²) in [6.45, 7) is 0. The molecule has 0 saturated heterocycles. The van der Waals surface area contributed by atoms with Gasteiger partial charge in [-0.05, 0) is 31.0 Å². The summed E-state index contributed by atoms with van der Waals surface area (Å²) in [7, 11) is 1.83. The molecule has 0 spiro atoms. The van der Waals surface area contributed by atoms with Gasteiger partial charge in [0.25, 0.3) is 0 Å². The summed E-state index contributed by atoms with van der Waals surface area (Å²) < 4.78 is 1.32. The molecule has 0 aliphatic heterocycles. The van der Waals surface area contributed by atoms with Gasteiger partial charge in [0, 0.05) is 18.7 Å². The van der Waals surface area contributed by atoms with E-state index in [1.165, 1.54) is 23.9 Å². The molecule has 6 heteroatoms. The molecule has 6 nitrogen and oxygen atoms in total. The van der Waals surface area contributed by atoms with E-state index in [1.807, 2.05) is 7.05 Å². The molecule has 0 unspecified atom stereocenters. The standard InChI is InChI=1S/C15H18N4O2/c1-18(12-5-3-2-4-6-12)15(21)19-14-8-7-11(10-20)9-13(14)16-17-19/h7-10,12H,2-6H2,1H3. The molecule has 0 atom stereocenters. The van der Waals surface area contributed by atoms with Gasteiger partial charge in [-0.25, -0.2) is 4.79 Å². The van der Waals surface area contributed by atoms with Gasteiger partial charge in [-0.15, -0.1) is 5.10 Å². The maximum Gasteiger partial charge on any atom is 0.346 e. The lowest BCUT2D eigenvalue weighted by molar-refractivity contribution is 0.112. The first kappa shape index (κ1) is 13.7. The summed E-state index contributed by atoms with van der Waals surface area (Å²) in [5.74, 6) is 0. The summed E-state index contributed by atoms with van der Waals surface area (Å²) in [5.41, 5.74) is 1.72. The average molecular weight is 286 g/mol. The van der Waals surface area contributed by atoms with Crippen LogP contribution in [-0.2, 0) is 0 Å². The van der Waals surface area contributed by atoms with Crippen LogP contribution in [-0.4, -0.2) is 45.3 Å². The van der Waals surface area contributed by atoms with Crippen molar-refractivity contribution in [2.75, 3.05) is 7.05 Å². The fourth-order valence-corrected chi connectivity index (χ4v) is 2.93. The van der Waals surface area contributed by atoms with Crippen molar-refractivity contribution in [3.8, 4) is 0 Å². The van der Waals surface area contributed by atoms with E-state index >= 15 is 0 Å². The molecule has 1 amide bonds. The predicted molar refractivity (Wildman–Crippen MR) is 78.3 cm³/mol. The number of rotatable bonds is 2. The Bertz CT molecular complexity index is 673. The smallest absolute Gasteiger partial charge is 0.323 e. The molecular formula is C15H18N4O2. The van der Waals surface area contributed by atoms with Crippen LogP contribution in [0.2, 0.25) is 0 Å². The number of aromatic nitrogens is 3. The van der Waals surface area contributed by atoms with Crippen molar-refractivity contribution < 1.29 is 9.59 Å². The summed E-state index contributed by atoms with van der Waals surface area (Å²) in [6, 6.07) is 5.14. The molecule has 2 aromatic rings. The molecule has 1 aliphatic carbocycles. The molecule has 3 rings (SSSR count). The van der Waals surface area contributed by atoms with Crippen molar-refractivity contribution in [3.05, 3.63) is 23.8 Å². The van der Waals surface area contributed by atoms with Crippen molar-refractivity contribution in [3.63, 3.8) is 0 Å². The molecule has 1 fully saturated rings. The van der Waals surface area contributed by atoms with Crippen LogP contribution in [0.3, 0.4) is 0 Å². The predicted octanol–water partition coefficient (Wildman–Crippen LogP) is 2.48. The fraction of sp³-hybridized carbons (Fsp3) is 0.467. The first-order valence-corrected chi connectivity index (χ1v) is 7.28. The number of carbonyl (C=O) groups is 2. The Kier molecular flexibility index (Phi) is 3.68. The number of hydrogen-bond donors (Lipinski definition) is 0. The van der Waals surface area contributed by atoms with Crippen LogP contribution in [0, 0.1) is 0 Å². The third kappa shape index (κ3) is 2.53. The zero-order valence-electron chi connectivity index (χ0n) is 12.0. The minimum absolute atomic E-state index is 0.164. The molecule has 1 heterocycles. The molecule has 0 bridgehead atoms. The van der Waals surface area contributed by atoms with E-state index in [0.29, 0.717) is 16.6 Å². The van der Waals surface area contributed by atoms with Gasteiger partial charge in [0.05, 0.1) is 5.52 Å². The number of benzene rings is 1. The van der Waals surface area contributed by atoms with E-state index in [0.717, 1.165) is 19.1 Å². The topological polar surface area (TPSA) is 68.1 Å². The second-order valence-corrected chi connectivity index (χ2v) is 5.55. The average Bonchev–Trinajstić information content (AvgIpc) is 2.97. The maximum absolute atomic E-state index is 12.6. The zero-order valence-corrected chi connectivity index (χ0v) is 12.0. The fourth-order valence-electron chi connectivity index (χ4n) is 2.93. The number of aldehydes is 1. The van der Waals surface area contributed by atoms with Crippen LogP contribution in [0.4, 0.5) is 4.79 Å². The second-order valence-electron chi connectivity index (χ2n) is 5.55. The summed E-state index contributed by atoms with van der Waals surface area (Å²) >= 11 is 0. The Balaban J connectivity index is 1.88. The van der Waals surface area contributed by atoms with Gasteiger partial charge in [-0.1, -0.05) is 24.5 Å². The highest BCUT2D eigenvalue weighted by Crippen LogP contribution is 2.22. The van der Waals surface area contributed by atoms with Gasteiger partial charge >= 0.3 is 6.03 Å². The van der Waals surface area contributed by atoms with Crippen molar-refractivity contribution in [2.45, 2.75) is 38.1 Å². The van der Waals surface area contributed by atoms with Crippen LogP contribution in [0.1, 0.15) is 42.5 Å². The van der Waals surface area contributed by atoms with E-state index in [2.05, 4.69) is 10.3 Å². The number of hydrogen-bond acceptors (Lipinski definition) is 4. The second kappa shape index (κ2) is 5.63. The van der Waals surface area contributed by atoms with Crippen molar-refractivity contribution in [2.24, 2.45) is 0 Å². The Morgan fingerprint density at radius 3 is 2.81 bits per heavy atom. The SMILES string of the molecule is CN(C(=O)n1nnc2cc(C=O)ccc21)C1CCCCC1. The summed E-state index contributed by atoms with van der Waals surface area (Å²) in [6.07, 6.45) is 6.44. The van der Waals surface area contributed by atoms with E-state index in [4.69, 9.17) is 0 Å². The van der Waals surface area contributed by atoms with Crippen molar-refractivity contribution in [1.82, 2.24) is 19.9 Å². The van der Waals surface area contributed by atoms with Crippen molar-refractivity contribution in [1.29, 1.82) is 0 Å². The quantitative estimate of drug-likeness (QED) is 0.795. The number of fused-ring (bicyclic) bond motifs is 1. The van der Waals surface area contributed by atoms with Gasteiger partial charge in [-0.2, -0.15) is 4.68 Å². The lowest BCUT2D eigenvalue weighted by Gasteiger charge is -2.30. The highest BCUT2D eigenvalue weighted by atomic mass is 16.2. The molecule has 1 aromatic heterocycles. The Hall–Kier alpha value is -2.24. The Morgan fingerprint density at radius 1 is 1.33 bits per heavy atom. The Labute approximate surface area is 122 Å². The monoisotopic (exact) mass is 286 g/mol. The van der Waals surface area contributed by atoms with Gasteiger partial charge in [-0.3, -0.25) is 4.79 Å². The largest absolute Gasteiger partial charge is 0.346 e. The lowest BCUT2D eigenvalue weighted by Crippen LogP contribution is -2.41. The van der Waals surface area contributed by atoms with Crippen LogP contribution >= 0.6 is 0 Å². The first-order chi connectivity index (χ1) is 10.2. The molecule has 1 saturated carbocycles. The van der Waals surface area contributed by atoms with Crippen LogP contribution < -0.4 is 0 Å². The van der Waals surface area contributed by atoms with Gasteiger partial charge in [0.2, 0.25) is 0 Å². The van der Waals surface area contributed by atoms with Gasteiger partial charge < -0.3 is 4.90 Å². The van der Waals surface area contributed by atoms with Crippen LogP contribution in [0.5, 0.6) is 0 Å². The van der Waals surface area contributed by atoms with Crippen LogP contribution in [0.25, 0.3) is 11.0 Å². The van der Waals surface area contributed by atoms with Gasteiger partial charge in [0.15, 0.2) is 0 Å². The van der Waals surface area contributed by atoms with Crippen LogP contribution in [0.15, 0.2) is 18.2 Å². The number of nitrogens with zero attached hydrogens (tertiary/aromatic N) is 4. The molecule has 0 N–H and O–H groups in total. The molecule has 0 radical (unpaired) electrons. The highest BCUT2D eigenvalue weighted by molar-refractivity contribution is 5.90. The van der Waals surface area contributed by atoms with Gasteiger partial charge in [0.1, 0.15) is 11.8 Å². The number of carbonyl (C=O) groups excluding carboxylic acids is 2.